The molecule has 4 nitrogen and oxygen atoms in total. The maximum Gasteiger partial charge on any atom is 0.340 e. The number of hydrogen-bond donors (Lipinski definition) is 1. The van der Waals surface area contributed by atoms with Gasteiger partial charge < -0.3 is 9.84 Å². The zero-order valence-corrected chi connectivity index (χ0v) is 21.7. The van der Waals surface area contributed by atoms with Crippen molar-refractivity contribution in [3.05, 3.63) is 91.5 Å². The summed E-state index contributed by atoms with van der Waals surface area (Å²) < 4.78 is 6.47. The summed E-state index contributed by atoms with van der Waals surface area (Å²) in [5.74, 6) is -1.18. The quantitative estimate of drug-likeness (QED) is 0.237. The molecule has 164 valence electrons. The van der Waals surface area contributed by atoms with E-state index >= 15 is 0 Å². The number of aromatic carboxylic acids is 1. The first-order valence-electron chi connectivity index (χ1n) is 9.50. The van der Waals surface area contributed by atoms with Crippen LogP contribution in [0.3, 0.4) is 0 Å². The minimum atomic E-state index is -0.902. The second-order valence-corrected chi connectivity index (χ2v) is 11.1. The summed E-state index contributed by atoms with van der Waals surface area (Å²) in [4.78, 5) is 24.5. The first-order valence-corrected chi connectivity index (χ1v) is 12.7. The van der Waals surface area contributed by atoms with Crippen LogP contribution in [0, 0.1) is 0 Å². The number of rotatable bonds is 5. The second kappa shape index (κ2) is 11.6. The molecule has 0 amide bonds. The highest BCUT2D eigenvalue weighted by Gasteiger charge is 2.16. The summed E-state index contributed by atoms with van der Waals surface area (Å²) >= 11 is 9.62. The molecule has 0 spiro atoms. The Morgan fingerprint density at radius 1 is 0.812 bits per heavy atom. The number of carboxylic acids is 1. The van der Waals surface area contributed by atoms with Crippen LogP contribution < -0.4 is 0 Å². The largest absolute Gasteiger partial charge is 0.478 e. The predicted molar refractivity (Wildman–Crippen MR) is 138 cm³/mol. The van der Waals surface area contributed by atoms with E-state index in [-0.39, 0.29) is 5.97 Å². The Bertz CT molecular complexity index is 1200. The molecule has 4 aromatic rings. The molecule has 2 aromatic heterocycles. The van der Waals surface area contributed by atoms with Crippen molar-refractivity contribution in [2.45, 2.75) is 6.92 Å². The van der Waals surface area contributed by atoms with Gasteiger partial charge in [-0.05, 0) is 62.0 Å². The van der Waals surface area contributed by atoms with E-state index in [1.54, 1.807) is 13.0 Å². The average Bonchev–Trinajstić information content (AvgIpc) is 3.39. The number of halogens is 2. The van der Waals surface area contributed by atoms with E-state index in [4.69, 9.17) is 9.84 Å². The van der Waals surface area contributed by atoms with Gasteiger partial charge in [-0.25, -0.2) is 9.59 Å². The minimum absolute atomic E-state index is 0.280. The number of thiophene rings is 2. The van der Waals surface area contributed by atoms with Crippen molar-refractivity contribution in [1.29, 1.82) is 0 Å². The molecule has 4 rings (SSSR count). The number of ether oxygens (including phenoxy) is 1. The Hall–Kier alpha value is -2.26. The van der Waals surface area contributed by atoms with Crippen molar-refractivity contribution in [1.82, 2.24) is 0 Å². The molecule has 0 bridgehead atoms. The molecule has 0 radical (unpaired) electrons. The molecule has 0 aliphatic rings. The fourth-order valence-corrected chi connectivity index (χ4v) is 6.08. The lowest BCUT2D eigenvalue weighted by Gasteiger charge is -1.98. The third-order valence-corrected chi connectivity index (χ3v) is 7.99. The van der Waals surface area contributed by atoms with Crippen molar-refractivity contribution < 1.29 is 19.4 Å². The summed E-state index contributed by atoms with van der Waals surface area (Å²) in [7, 11) is 0. The van der Waals surface area contributed by atoms with Gasteiger partial charge in [0, 0.05) is 9.75 Å². The molecule has 8 heteroatoms. The van der Waals surface area contributed by atoms with E-state index < -0.39 is 5.97 Å². The Kier molecular flexibility index (Phi) is 8.81. The molecular weight excluding hydrogens is 576 g/mol. The molecule has 0 aliphatic carbocycles. The molecule has 0 atom stereocenters. The summed E-state index contributed by atoms with van der Waals surface area (Å²) in [6.45, 7) is 2.19. The van der Waals surface area contributed by atoms with Gasteiger partial charge in [-0.1, -0.05) is 60.7 Å². The number of hydrogen-bond acceptors (Lipinski definition) is 5. The smallest absolute Gasteiger partial charge is 0.340 e. The monoisotopic (exact) mass is 592 g/mol. The van der Waals surface area contributed by atoms with E-state index in [1.807, 2.05) is 66.7 Å². The first-order chi connectivity index (χ1) is 15.4. The standard InChI is InChI=1S/C13H11BrO2S.C11H7BrO2S/c1-2-16-13(15)10-8-11(17-12(10)14)9-6-4-3-5-7-9;12-10-8(11(13)14)6-9(15-10)7-4-2-1-3-5-7/h3-8H,2H2,1H3;1-6H,(H,13,14). The molecule has 32 heavy (non-hydrogen) atoms. The normalized spacial score (nSPS) is 10.2. The molecule has 0 unspecified atom stereocenters. The molecule has 0 fully saturated rings. The van der Waals surface area contributed by atoms with Gasteiger partial charge in [-0.15, -0.1) is 22.7 Å². The van der Waals surface area contributed by atoms with E-state index in [1.165, 1.54) is 22.7 Å². The minimum Gasteiger partial charge on any atom is -0.478 e. The topological polar surface area (TPSA) is 63.6 Å². The first kappa shape index (κ1) is 24.4. The molecule has 0 saturated carbocycles. The lowest BCUT2D eigenvalue weighted by molar-refractivity contribution is 0.0525. The van der Waals surface area contributed by atoms with E-state index in [2.05, 4.69) is 31.9 Å². The van der Waals surface area contributed by atoms with Crippen LogP contribution in [0.4, 0.5) is 0 Å². The highest BCUT2D eigenvalue weighted by atomic mass is 79.9. The fourth-order valence-electron chi connectivity index (χ4n) is 2.72. The maximum absolute atomic E-state index is 11.7. The fraction of sp³-hybridized carbons (Fsp3) is 0.0833. The number of esters is 1. The van der Waals surface area contributed by atoms with E-state index in [9.17, 15) is 9.59 Å². The zero-order chi connectivity index (χ0) is 23.1. The van der Waals surface area contributed by atoms with Crippen molar-refractivity contribution in [2.75, 3.05) is 6.61 Å². The second-order valence-electron chi connectivity index (χ2n) is 6.35. The number of carbonyl (C=O) groups excluding carboxylic acids is 1. The summed E-state index contributed by atoms with van der Waals surface area (Å²) in [6, 6.07) is 23.2. The van der Waals surface area contributed by atoms with Crippen LogP contribution in [-0.2, 0) is 4.74 Å². The maximum atomic E-state index is 11.7. The van der Waals surface area contributed by atoms with Crippen LogP contribution >= 0.6 is 54.5 Å². The van der Waals surface area contributed by atoms with Crippen molar-refractivity contribution in [3.63, 3.8) is 0 Å². The van der Waals surface area contributed by atoms with Crippen LogP contribution in [0.1, 0.15) is 27.6 Å². The van der Waals surface area contributed by atoms with Gasteiger partial charge in [-0.2, -0.15) is 0 Å². The third kappa shape index (κ3) is 6.16. The SMILES string of the molecule is CCOC(=O)c1cc(-c2ccccc2)sc1Br.O=C(O)c1cc(-c2ccccc2)sc1Br. The summed E-state index contributed by atoms with van der Waals surface area (Å²) in [5, 5.41) is 8.90. The van der Waals surface area contributed by atoms with Gasteiger partial charge in [0.15, 0.2) is 0 Å². The molecule has 1 N–H and O–H groups in total. The summed E-state index contributed by atoms with van der Waals surface area (Å²) in [5.41, 5.74) is 3.05. The van der Waals surface area contributed by atoms with Gasteiger partial charge in [0.05, 0.1) is 25.3 Å². The Balaban J connectivity index is 0.000000182. The van der Waals surface area contributed by atoms with Crippen LogP contribution in [0.5, 0.6) is 0 Å². The van der Waals surface area contributed by atoms with Crippen molar-refractivity contribution >= 4 is 66.5 Å². The van der Waals surface area contributed by atoms with Crippen LogP contribution in [0.25, 0.3) is 20.9 Å². The van der Waals surface area contributed by atoms with Crippen LogP contribution in [0.2, 0.25) is 0 Å². The van der Waals surface area contributed by atoms with E-state index in [0.29, 0.717) is 21.5 Å². The average molecular weight is 594 g/mol. The van der Waals surface area contributed by atoms with Gasteiger partial charge in [-0.3, -0.25) is 0 Å². The van der Waals surface area contributed by atoms with Gasteiger partial charge in [0.25, 0.3) is 0 Å². The number of carboxylic acid groups (broad SMARTS) is 1. The highest BCUT2D eigenvalue weighted by Crippen LogP contribution is 2.36. The molecule has 2 aromatic carbocycles. The van der Waals surface area contributed by atoms with Crippen molar-refractivity contribution in [2.24, 2.45) is 0 Å². The molecular formula is C24H18Br2O4S2. The van der Waals surface area contributed by atoms with E-state index in [0.717, 1.165) is 24.7 Å². The zero-order valence-electron chi connectivity index (χ0n) is 16.9. The van der Waals surface area contributed by atoms with Crippen LogP contribution in [0.15, 0.2) is 80.4 Å². The predicted octanol–water partition coefficient (Wildman–Crippen LogP) is 8.23. The Morgan fingerprint density at radius 3 is 1.66 bits per heavy atom. The van der Waals surface area contributed by atoms with Crippen molar-refractivity contribution in [3.8, 4) is 20.9 Å². The molecule has 0 saturated heterocycles. The summed E-state index contributed by atoms with van der Waals surface area (Å²) in [6.07, 6.45) is 0. The Labute approximate surface area is 210 Å². The van der Waals surface area contributed by atoms with Crippen LogP contribution in [-0.4, -0.2) is 23.7 Å². The molecule has 0 aliphatic heterocycles. The Morgan fingerprint density at radius 2 is 1.25 bits per heavy atom. The highest BCUT2D eigenvalue weighted by molar-refractivity contribution is 9.11. The van der Waals surface area contributed by atoms with Gasteiger partial charge in [0.2, 0.25) is 0 Å². The third-order valence-electron chi connectivity index (χ3n) is 4.22. The number of benzene rings is 2. The lowest BCUT2D eigenvalue weighted by atomic mass is 10.2. The van der Waals surface area contributed by atoms with Gasteiger partial charge >= 0.3 is 11.9 Å². The number of carbonyl (C=O) groups is 2. The lowest BCUT2D eigenvalue weighted by Crippen LogP contribution is -2.03. The van der Waals surface area contributed by atoms with Gasteiger partial charge in [0.1, 0.15) is 0 Å². The molecule has 2 heterocycles.